The fourth-order valence-corrected chi connectivity index (χ4v) is 3.35. The minimum atomic E-state index is -1.04. The van der Waals surface area contributed by atoms with Gasteiger partial charge in [0.1, 0.15) is 29.0 Å². The number of nitrogens with zero attached hydrogens (tertiary/aromatic N) is 2. The lowest BCUT2D eigenvalue weighted by Gasteiger charge is -2.10. The molecule has 0 saturated heterocycles. The number of Topliss-reactive ketones (excluding diaryl/α,β-unsaturated/α-hetero) is 1. The zero-order valence-electron chi connectivity index (χ0n) is 18.2. The Morgan fingerprint density at radius 1 is 1.09 bits per heavy atom. The van der Waals surface area contributed by atoms with Crippen LogP contribution >= 0.6 is 0 Å². The van der Waals surface area contributed by atoms with Gasteiger partial charge in [-0.3, -0.25) is 4.79 Å². The van der Waals surface area contributed by atoms with Gasteiger partial charge in [0.25, 0.3) is 0 Å². The molecule has 0 aliphatic heterocycles. The highest BCUT2D eigenvalue weighted by atomic mass is 19.1. The van der Waals surface area contributed by atoms with E-state index >= 15 is 0 Å². The van der Waals surface area contributed by atoms with Crippen LogP contribution in [0.3, 0.4) is 0 Å². The molecule has 0 fully saturated rings. The first kappa shape index (κ1) is 23.4. The standard InChI is InChI=1S/C25H20F2N2O4/c1-15-10-17(16(2)29(15)20-5-7-21(32-3)8-6-20)11-18(13-28)25(31)33-14-24(30)22-12-19(26)4-9-23(22)27/h4-12H,14H2,1-3H3/b18-11+. The van der Waals surface area contributed by atoms with Crippen LogP contribution in [0.15, 0.2) is 54.1 Å². The highest BCUT2D eigenvalue weighted by Gasteiger charge is 2.18. The Morgan fingerprint density at radius 2 is 1.79 bits per heavy atom. The van der Waals surface area contributed by atoms with E-state index in [9.17, 15) is 23.6 Å². The number of ether oxygens (including phenoxy) is 2. The molecule has 3 rings (SSSR count). The van der Waals surface area contributed by atoms with Gasteiger partial charge in [0.2, 0.25) is 5.78 Å². The summed E-state index contributed by atoms with van der Waals surface area (Å²) in [5.41, 5.74) is 2.25. The Hall–Kier alpha value is -4.25. The third-order valence-electron chi connectivity index (χ3n) is 5.00. The van der Waals surface area contributed by atoms with Crippen LogP contribution in [0.2, 0.25) is 0 Å². The lowest BCUT2D eigenvalue weighted by atomic mass is 10.1. The van der Waals surface area contributed by atoms with Crippen molar-refractivity contribution < 1.29 is 27.8 Å². The van der Waals surface area contributed by atoms with Gasteiger partial charge < -0.3 is 14.0 Å². The molecular weight excluding hydrogens is 430 g/mol. The number of rotatable bonds is 7. The molecule has 2 aromatic carbocycles. The number of aryl methyl sites for hydroxylation is 1. The molecule has 0 bridgehead atoms. The molecule has 33 heavy (non-hydrogen) atoms. The highest BCUT2D eigenvalue weighted by Crippen LogP contribution is 2.24. The second kappa shape index (κ2) is 9.92. The third-order valence-corrected chi connectivity index (χ3v) is 5.00. The van der Waals surface area contributed by atoms with Gasteiger partial charge in [-0.1, -0.05) is 0 Å². The van der Waals surface area contributed by atoms with E-state index in [1.54, 1.807) is 19.2 Å². The van der Waals surface area contributed by atoms with Gasteiger partial charge in [-0.25, -0.2) is 13.6 Å². The molecule has 0 saturated carbocycles. The predicted molar refractivity (Wildman–Crippen MR) is 117 cm³/mol. The average Bonchev–Trinajstić information content (AvgIpc) is 3.09. The molecule has 0 spiro atoms. The van der Waals surface area contributed by atoms with Gasteiger partial charge in [0, 0.05) is 17.1 Å². The number of hydrogen-bond acceptors (Lipinski definition) is 5. The van der Waals surface area contributed by atoms with Crippen molar-refractivity contribution in [2.75, 3.05) is 13.7 Å². The van der Waals surface area contributed by atoms with E-state index in [1.807, 2.05) is 42.7 Å². The van der Waals surface area contributed by atoms with Crippen molar-refractivity contribution in [2.45, 2.75) is 13.8 Å². The Bertz CT molecular complexity index is 1280. The zero-order chi connectivity index (χ0) is 24.1. The van der Waals surface area contributed by atoms with Gasteiger partial charge in [-0.05, 0) is 74.0 Å². The van der Waals surface area contributed by atoms with Crippen molar-refractivity contribution in [2.24, 2.45) is 0 Å². The molecule has 168 valence electrons. The topological polar surface area (TPSA) is 81.3 Å². The maximum absolute atomic E-state index is 13.7. The second-order valence-corrected chi connectivity index (χ2v) is 7.15. The van der Waals surface area contributed by atoms with E-state index in [1.165, 1.54) is 6.08 Å². The summed E-state index contributed by atoms with van der Waals surface area (Å²) < 4.78 is 39.0. The molecule has 3 aromatic rings. The van der Waals surface area contributed by atoms with E-state index in [2.05, 4.69) is 0 Å². The molecule has 8 heteroatoms. The molecule has 0 N–H and O–H groups in total. The molecule has 0 radical (unpaired) electrons. The number of esters is 1. The summed E-state index contributed by atoms with van der Waals surface area (Å²) in [5, 5.41) is 9.43. The van der Waals surface area contributed by atoms with E-state index in [0.717, 1.165) is 35.3 Å². The molecule has 0 aliphatic carbocycles. The lowest BCUT2D eigenvalue weighted by molar-refractivity contribution is -0.137. The van der Waals surface area contributed by atoms with Gasteiger partial charge in [0.15, 0.2) is 6.61 Å². The Morgan fingerprint density at radius 3 is 2.42 bits per heavy atom. The maximum atomic E-state index is 13.7. The van der Waals surface area contributed by atoms with Crippen molar-refractivity contribution in [1.29, 1.82) is 5.26 Å². The summed E-state index contributed by atoms with van der Waals surface area (Å²) in [7, 11) is 1.58. The van der Waals surface area contributed by atoms with E-state index in [-0.39, 0.29) is 5.57 Å². The van der Waals surface area contributed by atoms with Gasteiger partial charge in [-0.15, -0.1) is 0 Å². The fraction of sp³-hybridized carbons (Fsp3) is 0.160. The largest absolute Gasteiger partial charge is 0.497 e. The predicted octanol–water partition coefficient (Wildman–Crippen LogP) is 4.71. The van der Waals surface area contributed by atoms with Crippen LogP contribution in [0.25, 0.3) is 11.8 Å². The van der Waals surface area contributed by atoms with Crippen molar-refractivity contribution in [3.05, 3.63) is 88.3 Å². The summed E-state index contributed by atoms with van der Waals surface area (Å²) in [6.07, 6.45) is 1.36. The zero-order valence-corrected chi connectivity index (χ0v) is 18.2. The van der Waals surface area contributed by atoms with Crippen LogP contribution in [-0.4, -0.2) is 30.0 Å². The molecule has 1 aromatic heterocycles. The number of carbonyl (C=O) groups excluding carboxylic acids is 2. The van der Waals surface area contributed by atoms with Crippen molar-refractivity contribution in [3.8, 4) is 17.5 Å². The van der Waals surface area contributed by atoms with Crippen LogP contribution in [0.5, 0.6) is 5.75 Å². The summed E-state index contributed by atoms with van der Waals surface area (Å²) in [4.78, 5) is 24.5. The number of hydrogen-bond donors (Lipinski definition) is 0. The van der Waals surface area contributed by atoms with Gasteiger partial charge in [0.05, 0.1) is 12.7 Å². The van der Waals surface area contributed by atoms with Crippen LogP contribution in [0.4, 0.5) is 8.78 Å². The number of aromatic nitrogens is 1. The van der Waals surface area contributed by atoms with Crippen LogP contribution in [-0.2, 0) is 9.53 Å². The van der Waals surface area contributed by atoms with E-state index in [4.69, 9.17) is 9.47 Å². The molecular formula is C25H20F2N2O4. The first-order valence-electron chi connectivity index (χ1n) is 9.85. The lowest BCUT2D eigenvalue weighted by Crippen LogP contribution is -2.16. The summed E-state index contributed by atoms with van der Waals surface area (Å²) in [6.45, 7) is 2.88. The van der Waals surface area contributed by atoms with Gasteiger partial charge in [-0.2, -0.15) is 5.26 Å². The average molecular weight is 450 g/mol. The first-order chi connectivity index (χ1) is 15.7. The number of benzene rings is 2. The first-order valence-corrected chi connectivity index (χ1v) is 9.85. The van der Waals surface area contributed by atoms with Crippen molar-refractivity contribution >= 4 is 17.8 Å². The Labute approximate surface area is 189 Å². The Balaban J connectivity index is 1.80. The van der Waals surface area contributed by atoms with Crippen LogP contribution in [0.1, 0.15) is 27.3 Å². The second-order valence-electron chi connectivity index (χ2n) is 7.15. The number of nitriles is 1. The van der Waals surface area contributed by atoms with E-state index in [0.29, 0.717) is 11.3 Å². The number of halogens is 2. The highest BCUT2D eigenvalue weighted by molar-refractivity contribution is 6.02. The van der Waals surface area contributed by atoms with Gasteiger partial charge >= 0.3 is 5.97 Å². The van der Waals surface area contributed by atoms with Crippen LogP contribution in [0, 0.1) is 36.8 Å². The molecule has 1 heterocycles. The number of methoxy groups -OCH3 is 1. The Kier molecular flexibility index (Phi) is 7.04. The molecule has 0 unspecified atom stereocenters. The maximum Gasteiger partial charge on any atom is 0.349 e. The SMILES string of the molecule is COc1ccc(-n2c(C)cc(/C=C(\C#N)C(=O)OCC(=O)c3cc(F)ccc3F)c2C)cc1. The summed E-state index contributed by atoms with van der Waals surface area (Å²) in [6, 6.07) is 13.4. The summed E-state index contributed by atoms with van der Waals surface area (Å²) >= 11 is 0. The number of carbonyl (C=O) groups is 2. The van der Waals surface area contributed by atoms with Crippen molar-refractivity contribution in [1.82, 2.24) is 4.57 Å². The summed E-state index contributed by atoms with van der Waals surface area (Å²) in [5.74, 6) is -2.98. The van der Waals surface area contributed by atoms with E-state index < -0.39 is 35.6 Å². The smallest absolute Gasteiger partial charge is 0.349 e. The minimum absolute atomic E-state index is 0.336. The molecule has 0 aliphatic rings. The minimum Gasteiger partial charge on any atom is -0.497 e. The molecule has 6 nitrogen and oxygen atoms in total. The van der Waals surface area contributed by atoms with Crippen LogP contribution < -0.4 is 4.74 Å². The normalized spacial score (nSPS) is 11.1. The van der Waals surface area contributed by atoms with Crippen molar-refractivity contribution in [3.63, 3.8) is 0 Å². The monoisotopic (exact) mass is 450 g/mol. The quantitative estimate of drug-likeness (QED) is 0.225. The molecule has 0 amide bonds. The number of ketones is 1. The molecule has 0 atom stereocenters. The third kappa shape index (κ3) is 5.15. The fourth-order valence-electron chi connectivity index (χ4n) is 3.35.